The molecule has 3 amide bonds. The van der Waals surface area contributed by atoms with Crippen molar-refractivity contribution >= 4 is 23.4 Å². The lowest BCUT2D eigenvalue weighted by molar-refractivity contribution is -0.142. The van der Waals surface area contributed by atoms with Gasteiger partial charge in [0.1, 0.15) is 11.3 Å². The molecule has 3 heterocycles. The Hall–Kier alpha value is -3.19. The van der Waals surface area contributed by atoms with Gasteiger partial charge in [0, 0.05) is 23.8 Å². The maximum absolute atomic E-state index is 13.5. The SMILES string of the molecule is CCCCN1C(=O)[C@@H]2[C@H](Cc3ccc(O)cc3)N[C@@]3(C(=O)Nc4ccccc43)[C@H]2C1=O. The van der Waals surface area contributed by atoms with Crippen molar-refractivity contribution in [1.29, 1.82) is 0 Å². The molecule has 0 aromatic heterocycles. The molecule has 0 aliphatic carbocycles. The van der Waals surface area contributed by atoms with E-state index in [0.717, 1.165) is 24.0 Å². The molecule has 0 bridgehead atoms. The van der Waals surface area contributed by atoms with Crippen molar-refractivity contribution < 1.29 is 19.5 Å². The van der Waals surface area contributed by atoms with Gasteiger partial charge < -0.3 is 10.4 Å². The number of para-hydroxylation sites is 1. The Morgan fingerprint density at radius 2 is 1.77 bits per heavy atom. The molecule has 5 rings (SSSR count). The lowest BCUT2D eigenvalue weighted by Gasteiger charge is -2.29. The second-order valence-corrected chi connectivity index (χ2v) is 8.61. The highest BCUT2D eigenvalue weighted by atomic mass is 16.3. The van der Waals surface area contributed by atoms with E-state index < -0.39 is 17.4 Å². The number of nitrogens with one attached hydrogen (secondary N) is 2. The molecule has 2 aromatic carbocycles. The normalized spacial score (nSPS) is 28.9. The van der Waals surface area contributed by atoms with Crippen LogP contribution in [-0.2, 0) is 26.3 Å². The minimum absolute atomic E-state index is 0.166. The molecule has 3 aliphatic rings. The molecule has 160 valence electrons. The molecule has 1 spiro atoms. The van der Waals surface area contributed by atoms with Crippen LogP contribution in [0.15, 0.2) is 48.5 Å². The molecule has 0 radical (unpaired) electrons. The summed E-state index contributed by atoms with van der Waals surface area (Å²) in [5.41, 5.74) is 1.07. The Morgan fingerprint density at radius 3 is 2.52 bits per heavy atom. The zero-order chi connectivity index (χ0) is 21.8. The van der Waals surface area contributed by atoms with Crippen LogP contribution in [0, 0.1) is 11.8 Å². The number of unbranched alkanes of at least 4 members (excludes halogenated alkanes) is 1. The number of fused-ring (bicyclic) bond motifs is 4. The first kappa shape index (κ1) is 19.8. The standard InChI is InChI=1S/C24H25N3O4/c1-2-3-12-27-21(29)19-18(13-14-8-10-15(28)11-9-14)26-24(20(19)22(27)30)16-6-4-5-7-17(16)25-23(24)31/h4-11,18-20,26,28H,2-3,12-13H2,1H3,(H,25,31)/t18-,19+,20+,24+/m0/s1. The molecule has 31 heavy (non-hydrogen) atoms. The molecule has 0 unspecified atom stereocenters. The smallest absolute Gasteiger partial charge is 0.250 e. The van der Waals surface area contributed by atoms with Gasteiger partial charge in [0.05, 0.1) is 11.8 Å². The highest BCUT2D eigenvalue weighted by molar-refractivity contribution is 6.15. The van der Waals surface area contributed by atoms with Crippen LogP contribution in [0.5, 0.6) is 5.75 Å². The second-order valence-electron chi connectivity index (χ2n) is 8.61. The van der Waals surface area contributed by atoms with E-state index in [-0.39, 0.29) is 29.5 Å². The third-order valence-corrected chi connectivity index (χ3v) is 6.84. The molecule has 7 nitrogen and oxygen atoms in total. The summed E-state index contributed by atoms with van der Waals surface area (Å²) < 4.78 is 0. The molecule has 3 aliphatic heterocycles. The summed E-state index contributed by atoms with van der Waals surface area (Å²) in [7, 11) is 0. The van der Waals surface area contributed by atoms with Crippen molar-refractivity contribution in [3.05, 3.63) is 59.7 Å². The maximum Gasteiger partial charge on any atom is 0.250 e. The van der Waals surface area contributed by atoms with Gasteiger partial charge in [-0.05, 0) is 36.6 Å². The van der Waals surface area contributed by atoms with Crippen LogP contribution >= 0.6 is 0 Å². The first-order chi connectivity index (χ1) is 15.0. The summed E-state index contributed by atoms with van der Waals surface area (Å²) in [5, 5.41) is 15.9. The third kappa shape index (κ3) is 2.80. The first-order valence-corrected chi connectivity index (χ1v) is 10.8. The van der Waals surface area contributed by atoms with Crippen LogP contribution in [0.25, 0.3) is 0 Å². The highest BCUT2D eigenvalue weighted by Crippen LogP contribution is 2.53. The monoisotopic (exact) mass is 419 g/mol. The molecule has 2 saturated heterocycles. The van der Waals surface area contributed by atoms with E-state index >= 15 is 0 Å². The number of phenols is 1. The van der Waals surface area contributed by atoms with E-state index in [9.17, 15) is 19.5 Å². The fourth-order valence-corrected chi connectivity index (χ4v) is 5.42. The summed E-state index contributed by atoms with van der Waals surface area (Å²) in [6.45, 7) is 2.40. The number of hydrogen-bond donors (Lipinski definition) is 3. The molecule has 4 atom stereocenters. The van der Waals surface area contributed by atoms with E-state index in [1.165, 1.54) is 4.90 Å². The van der Waals surface area contributed by atoms with Crippen molar-refractivity contribution in [3.63, 3.8) is 0 Å². The van der Waals surface area contributed by atoms with Gasteiger partial charge in [-0.25, -0.2) is 0 Å². The van der Waals surface area contributed by atoms with Gasteiger partial charge in [0.15, 0.2) is 0 Å². The lowest BCUT2D eigenvalue weighted by atomic mass is 9.76. The minimum Gasteiger partial charge on any atom is -0.508 e. The van der Waals surface area contributed by atoms with Crippen molar-refractivity contribution in [2.24, 2.45) is 11.8 Å². The zero-order valence-electron chi connectivity index (χ0n) is 17.3. The summed E-state index contributed by atoms with van der Waals surface area (Å²) in [5.74, 6) is -1.97. The Morgan fingerprint density at radius 1 is 1.03 bits per heavy atom. The highest BCUT2D eigenvalue weighted by Gasteiger charge is 2.70. The number of nitrogens with zero attached hydrogens (tertiary/aromatic N) is 1. The van der Waals surface area contributed by atoms with Gasteiger partial charge in [0.2, 0.25) is 17.7 Å². The van der Waals surface area contributed by atoms with E-state index in [1.54, 1.807) is 24.3 Å². The third-order valence-electron chi connectivity index (χ3n) is 6.84. The van der Waals surface area contributed by atoms with Crippen LogP contribution in [-0.4, -0.2) is 40.3 Å². The molecular formula is C24H25N3O4. The number of carbonyl (C=O) groups excluding carboxylic acids is 3. The largest absolute Gasteiger partial charge is 0.508 e. The first-order valence-electron chi connectivity index (χ1n) is 10.8. The number of likely N-dealkylation sites (tertiary alicyclic amines) is 1. The number of benzene rings is 2. The van der Waals surface area contributed by atoms with E-state index in [2.05, 4.69) is 10.6 Å². The lowest BCUT2D eigenvalue weighted by Crippen LogP contribution is -2.53. The predicted molar refractivity (Wildman–Crippen MR) is 114 cm³/mol. The number of aromatic hydroxyl groups is 1. The number of phenolic OH excluding ortho intramolecular Hbond substituents is 1. The Balaban J connectivity index is 1.59. The Kier molecular flexibility index (Phi) is 4.59. The van der Waals surface area contributed by atoms with Crippen LogP contribution < -0.4 is 10.6 Å². The van der Waals surface area contributed by atoms with E-state index in [4.69, 9.17) is 0 Å². The average molecular weight is 419 g/mol. The molecule has 2 fully saturated rings. The summed E-state index contributed by atoms with van der Waals surface area (Å²) in [4.78, 5) is 41.6. The van der Waals surface area contributed by atoms with Gasteiger partial charge >= 0.3 is 0 Å². The number of imide groups is 1. The fourth-order valence-electron chi connectivity index (χ4n) is 5.42. The Labute approximate surface area is 180 Å². The van der Waals surface area contributed by atoms with Gasteiger partial charge in [-0.1, -0.05) is 43.7 Å². The number of anilines is 1. The maximum atomic E-state index is 13.5. The quantitative estimate of drug-likeness (QED) is 0.645. The van der Waals surface area contributed by atoms with E-state index in [1.807, 2.05) is 31.2 Å². The fraction of sp³-hybridized carbons (Fsp3) is 0.375. The molecule has 0 saturated carbocycles. The van der Waals surface area contributed by atoms with Crippen LogP contribution in [0.3, 0.4) is 0 Å². The minimum atomic E-state index is -1.25. The number of carbonyl (C=O) groups is 3. The average Bonchev–Trinajstić information content (AvgIpc) is 3.33. The van der Waals surface area contributed by atoms with Gasteiger partial charge in [-0.3, -0.25) is 24.6 Å². The molecule has 2 aromatic rings. The van der Waals surface area contributed by atoms with Gasteiger partial charge in [-0.2, -0.15) is 0 Å². The number of hydrogen-bond acceptors (Lipinski definition) is 5. The van der Waals surface area contributed by atoms with Crippen LogP contribution in [0.2, 0.25) is 0 Å². The summed E-state index contributed by atoms with van der Waals surface area (Å²) in [6, 6.07) is 13.8. The van der Waals surface area contributed by atoms with Gasteiger partial charge in [-0.15, -0.1) is 0 Å². The molecule has 3 N–H and O–H groups in total. The van der Waals surface area contributed by atoms with Crippen molar-refractivity contribution in [3.8, 4) is 5.75 Å². The second kappa shape index (κ2) is 7.20. The van der Waals surface area contributed by atoms with Crippen molar-refractivity contribution in [2.75, 3.05) is 11.9 Å². The number of amides is 3. The molecular weight excluding hydrogens is 394 g/mol. The predicted octanol–water partition coefficient (Wildman–Crippen LogP) is 2.16. The molecule has 7 heteroatoms. The van der Waals surface area contributed by atoms with Crippen molar-refractivity contribution in [1.82, 2.24) is 10.2 Å². The summed E-state index contributed by atoms with van der Waals surface area (Å²) in [6.07, 6.45) is 2.08. The van der Waals surface area contributed by atoms with E-state index in [0.29, 0.717) is 18.7 Å². The summed E-state index contributed by atoms with van der Waals surface area (Å²) >= 11 is 0. The van der Waals surface area contributed by atoms with Crippen molar-refractivity contribution in [2.45, 2.75) is 37.8 Å². The van der Waals surface area contributed by atoms with Gasteiger partial charge in [0.25, 0.3) is 0 Å². The Bertz CT molecular complexity index is 1070. The topological polar surface area (TPSA) is 98.7 Å². The number of rotatable bonds is 5. The zero-order valence-corrected chi connectivity index (χ0v) is 17.3. The van der Waals surface area contributed by atoms with Crippen LogP contribution in [0.4, 0.5) is 5.69 Å². The van der Waals surface area contributed by atoms with Crippen LogP contribution in [0.1, 0.15) is 30.9 Å².